The van der Waals surface area contributed by atoms with Crippen LogP contribution in [-0.2, 0) is 16.1 Å². The Morgan fingerprint density at radius 3 is 2.68 bits per heavy atom. The molecular formula is C13H19N3O3. The first-order chi connectivity index (χ1) is 9.06. The van der Waals surface area contributed by atoms with E-state index in [-0.39, 0.29) is 18.2 Å². The van der Waals surface area contributed by atoms with Gasteiger partial charge in [-0.25, -0.2) is 4.68 Å². The van der Waals surface area contributed by atoms with Gasteiger partial charge in [0.15, 0.2) is 0 Å². The van der Waals surface area contributed by atoms with Crippen LogP contribution < -0.4 is 10.5 Å². The molecule has 1 aliphatic heterocycles. The molecule has 0 N–H and O–H groups in total. The predicted octanol–water partition coefficient (Wildman–Crippen LogP) is 0.795. The topological polar surface area (TPSA) is 64.4 Å². The van der Waals surface area contributed by atoms with Crippen LogP contribution in [0.2, 0.25) is 0 Å². The summed E-state index contributed by atoms with van der Waals surface area (Å²) in [6, 6.07) is 1.53. The van der Waals surface area contributed by atoms with Gasteiger partial charge >= 0.3 is 5.97 Å². The number of aromatic nitrogens is 2. The summed E-state index contributed by atoms with van der Waals surface area (Å²) in [5, 5.41) is 4.03. The molecule has 2 heterocycles. The number of esters is 1. The molecule has 0 aromatic carbocycles. The summed E-state index contributed by atoms with van der Waals surface area (Å²) in [4.78, 5) is 25.5. The molecule has 1 aromatic heterocycles. The first-order valence-corrected chi connectivity index (χ1v) is 6.58. The Hall–Kier alpha value is -1.85. The predicted molar refractivity (Wildman–Crippen MR) is 71.2 cm³/mol. The average Bonchev–Trinajstić information content (AvgIpc) is 2.84. The SMILES string of the molecule is CC(C)OC(=O)Cn1ncc(N2CCCC2)cc1=O. The Morgan fingerprint density at radius 2 is 2.11 bits per heavy atom. The second-order valence-corrected chi connectivity index (χ2v) is 4.94. The summed E-state index contributed by atoms with van der Waals surface area (Å²) >= 11 is 0. The number of hydrogen-bond acceptors (Lipinski definition) is 5. The van der Waals surface area contributed by atoms with Gasteiger partial charge in [-0.1, -0.05) is 0 Å². The molecule has 2 rings (SSSR count). The van der Waals surface area contributed by atoms with Crippen LogP contribution in [0.4, 0.5) is 5.69 Å². The molecule has 1 aliphatic rings. The largest absolute Gasteiger partial charge is 0.462 e. The van der Waals surface area contributed by atoms with E-state index in [1.165, 1.54) is 6.07 Å². The minimum Gasteiger partial charge on any atom is -0.462 e. The number of nitrogens with zero attached hydrogens (tertiary/aromatic N) is 3. The van der Waals surface area contributed by atoms with Crippen LogP contribution in [0.15, 0.2) is 17.1 Å². The number of hydrogen-bond donors (Lipinski definition) is 0. The summed E-state index contributed by atoms with van der Waals surface area (Å²) in [7, 11) is 0. The third-order valence-electron chi connectivity index (χ3n) is 2.97. The number of carbonyl (C=O) groups excluding carboxylic acids is 1. The minimum absolute atomic E-state index is 0.142. The zero-order chi connectivity index (χ0) is 13.8. The van der Waals surface area contributed by atoms with Crippen molar-refractivity contribution in [2.75, 3.05) is 18.0 Å². The molecule has 6 nitrogen and oxygen atoms in total. The van der Waals surface area contributed by atoms with Crippen LogP contribution in [0.25, 0.3) is 0 Å². The van der Waals surface area contributed by atoms with Crippen molar-refractivity contribution in [1.29, 1.82) is 0 Å². The van der Waals surface area contributed by atoms with Gasteiger partial charge in [-0.15, -0.1) is 0 Å². The lowest BCUT2D eigenvalue weighted by Crippen LogP contribution is -2.30. The molecule has 0 radical (unpaired) electrons. The van der Waals surface area contributed by atoms with E-state index < -0.39 is 5.97 Å². The van der Waals surface area contributed by atoms with E-state index in [0.717, 1.165) is 36.3 Å². The molecule has 0 saturated carbocycles. The van der Waals surface area contributed by atoms with Crippen molar-refractivity contribution >= 4 is 11.7 Å². The normalized spacial score (nSPS) is 15.0. The number of ether oxygens (including phenoxy) is 1. The van der Waals surface area contributed by atoms with E-state index in [4.69, 9.17) is 4.74 Å². The molecule has 6 heteroatoms. The van der Waals surface area contributed by atoms with E-state index in [9.17, 15) is 9.59 Å². The van der Waals surface area contributed by atoms with Gasteiger partial charge in [0.05, 0.1) is 18.0 Å². The summed E-state index contributed by atoms with van der Waals surface area (Å²) in [5.41, 5.74) is 0.557. The molecule has 104 valence electrons. The Labute approximate surface area is 112 Å². The van der Waals surface area contributed by atoms with Crippen molar-refractivity contribution < 1.29 is 9.53 Å². The highest BCUT2D eigenvalue weighted by Gasteiger charge is 2.15. The Balaban J connectivity index is 2.06. The molecule has 1 saturated heterocycles. The van der Waals surface area contributed by atoms with Crippen LogP contribution in [0.1, 0.15) is 26.7 Å². The second kappa shape index (κ2) is 5.86. The molecule has 1 fully saturated rings. The maximum Gasteiger partial charge on any atom is 0.328 e. The van der Waals surface area contributed by atoms with Crippen molar-refractivity contribution in [2.45, 2.75) is 39.3 Å². The number of rotatable bonds is 4. The number of carbonyl (C=O) groups is 1. The molecule has 0 atom stereocenters. The monoisotopic (exact) mass is 265 g/mol. The van der Waals surface area contributed by atoms with E-state index in [0.29, 0.717) is 0 Å². The van der Waals surface area contributed by atoms with Crippen LogP contribution >= 0.6 is 0 Å². The number of anilines is 1. The lowest BCUT2D eigenvalue weighted by Gasteiger charge is -2.17. The zero-order valence-corrected chi connectivity index (χ0v) is 11.3. The highest BCUT2D eigenvalue weighted by Crippen LogP contribution is 2.16. The van der Waals surface area contributed by atoms with Gasteiger partial charge < -0.3 is 9.64 Å². The molecule has 0 spiro atoms. The van der Waals surface area contributed by atoms with Crippen LogP contribution in [0, 0.1) is 0 Å². The highest BCUT2D eigenvalue weighted by molar-refractivity contribution is 5.69. The lowest BCUT2D eigenvalue weighted by molar-refractivity contribution is -0.148. The van der Waals surface area contributed by atoms with Gasteiger partial charge in [-0.2, -0.15) is 5.10 Å². The highest BCUT2D eigenvalue weighted by atomic mass is 16.5. The standard InChI is InChI=1S/C13H19N3O3/c1-10(2)19-13(18)9-16-12(17)7-11(8-14-16)15-5-3-4-6-15/h7-8,10H,3-6,9H2,1-2H3. The quantitative estimate of drug-likeness (QED) is 0.753. The molecular weight excluding hydrogens is 246 g/mol. The van der Waals surface area contributed by atoms with Crippen LogP contribution in [0.5, 0.6) is 0 Å². The van der Waals surface area contributed by atoms with Gasteiger partial charge in [0, 0.05) is 19.2 Å². The van der Waals surface area contributed by atoms with Gasteiger partial charge in [-0.3, -0.25) is 9.59 Å². The van der Waals surface area contributed by atoms with Crippen molar-refractivity contribution in [1.82, 2.24) is 9.78 Å². The van der Waals surface area contributed by atoms with Crippen LogP contribution in [0.3, 0.4) is 0 Å². The Morgan fingerprint density at radius 1 is 1.42 bits per heavy atom. The Bertz CT molecular complexity index is 504. The van der Waals surface area contributed by atoms with E-state index in [1.807, 2.05) is 0 Å². The summed E-state index contributed by atoms with van der Waals surface area (Å²) < 4.78 is 6.12. The van der Waals surface area contributed by atoms with Crippen molar-refractivity contribution in [2.24, 2.45) is 0 Å². The summed E-state index contributed by atoms with van der Waals surface area (Å²) in [6.07, 6.45) is 3.73. The van der Waals surface area contributed by atoms with Gasteiger partial charge in [-0.05, 0) is 26.7 Å². The molecule has 1 aromatic rings. The van der Waals surface area contributed by atoms with E-state index in [1.54, 1.807) is 20.0 Å². The maximum atomic E-state index is 11.9. The fraction of sp³-hybridized carbons (Fsp3) is 0.615. The third kappa shape index (κ3) is 3.56. The maximum absolute atomic E-state index is 11.9. The van der Waals surface area contributed by atoms with E-state index >= 15 is 0 Å². The first-order valence-electron chi connectivity index (χ1n) is 6.58. The second-order valence-electron chi connectivity index (χ2n) is 4.94. The van der Waals surface area contributed by atoms with Gasteiger partial charge in [0.1, 0.15) is 6.54 Å². The molecule has 0 unspecified atom stereocenters. The smallest absolute Gasteiger partial charge is 0.328 e. The fourth-order valence-corrected chi connectivity index (χ4v) is 2.11. The fourth-order valence-electron chi connectivity index (χ4n) is 2.11. The molecule has 19 heavy (non-hydrogen) atoms. The average molecular weight is 265 g/mol. The Kier molecular flexibility index (Phi) is 4.19. The lowest BCUT2D eigenvalue weighted by atomic mass is 10.4. The van der Waals surface area contributed by atoms with Gasteiger partial charge in [0.2, 0.25) is 0 Å². The summed E-state index contributed by atoms with van der Waals surface area (Å²) in [6.45, 7) is 5.31. The molecule has 0 amide bonds. The summed E-state index contributed by atoms with van der Waals surface area (Å²) in [5.74, 6) is -0.446. The van der Waals surface area contributed by atoms with Crippen molar-refractivity contribution in [3.8, 4) is 0 Å². The first kappa shape index (κ1) is 13.6. The van der Waals surface area contributed by atoms with E-state index in [2.05, 4.69) is 10.00 Å². The van der Waals surface area contributed by atoms with Crippen LogP contribution in [-0.4, -0.2) is 34.9 Å². The zero-order valence-electron chi connectivity index (χ0n) is 11.3. The van der Waals surface area contributed by atoms with Crippen molar-refractivity contribution in [3.05, 3.63) is 22.6 Å². The van der Waals surface area contributed by atoms with Crippen molar-refractivity contribution in [3.63, 3.8) is 0 Å². The minimum atomic E-state index is -0.446. The van der Waals surface area contributed by atoms with Gasteiger partial charge in [0.25, 0.3) is 5.56 Å². The molecule has 0 bridgehead atoms. The third-order valence-corrected chi connectivity index (χ3v) is 2.97. The molecule has 0 aliphatic carbocycles.